The lowest BCUT2D eigenvalue weighted by Gasteiger charge is -2.18. The van der Waals surface area contributed by atoms with E-state index < -0.39 is 22.0 Å². The van der Waals surface area contributed by atoms with Crippen molar-refractivity contribution in [1.82, 2.24) is 10.1 Å². The Morgan fingerprint density at radius 1 is 1.03 bits per heavy atom. The predicted octanol–water partition coefficient (Wildman–Crippen LogP) is 3.28. The van der Waals surface area contributed by atoms with Crippen molar-refractivity contribution in [2.45, 2.75) is 24.3 Å². The lowest BCUT2D eigenvalue weighted by Crippen LogP contribution is -2.32. The number of nitrogens with one attached hydrogen (secondary N) is 2. The summed E-state index contributed by atoms with van der Waals surface area (Å²) in [5.41, 5.74) is 4.80. The number of fused-ring (bicyclic) bond motifs is 1. The van der Waals surface area contributed by atoms with Gasteiger partial charge in [-0.2, -0.15) is 5.10 Å². The van der Waals surface area contributed by atoms with Crippen LogP contribution in [0.2, 0.25) is 0 Å². The van der Waals surface area contributed by atoms with Gasteiger partial charge >= 0.3 is 0 Å². The number of amides is 1. The van der Waals surface area contributed by atoms with Gasteiger partial charge in [0.25, 0.3) is 0 Å². The second-order valence-electron chi connectivity index (χ2n) is 7.51. The van der Waals surface area contributed by atoms with Crippen molar-refractivity contribution < 1.29 is 22.7 Å². The van der Waals surface area contributed by atoms with E-state index in [1.807, 2.05) is 13.0 Å². The number of nitrogens with zero attached hydrogens (tertiary/aromatic N) is 1. The first-order valence-corrected chi connectivity index (χ1v) is 11.7. The van der Waals surface area contributed by atoms with Crippen LogP contribution in [0.4, 0.5) is 0 Å². The molecule has 9 heteroatoms. The minimum atomic E-state index is -3.83. The van der Waals surface area contributed by atoms with Gasteiger partial charge in [0.15, 0.2) is 11.5 Å². The molecule has 1 aliphatic rings. The van der Waals surface area contributed by atoms with E-state index in [9.17, 15) is 13.2 Å². The third-order valence-corrected chi connectivity index (χ3v) is 6.51. The highest BCUT2D eigenvalue weighted by Gasteiger charge is 2.23. The van der Waals surface area contributed by atoms with E-state index in [1.54, 1.807) is 54.6 Å². The smallest absolute Gasteiger partial charge is 0.242 e. The maximum atomic E-state index is 12.9. The molecular weight excluding hydrogens is 442 g/mol. The summed E-state index contributed by atoms with van der Waals surface area (Å²) in [4.78, 5) is 12.7. The molecule has 170 valence electrons. The molecule has 0 unspecified atom stereocenters. The molecule has 3 aromatic rings. The highest BCUT2D eigenvalue weighted by molar-refractivity contribution is 7.89. The first-order chi connectivity index (χ1) is 15.9. The van der Waals surface area contributed by atoms with Crippen LogP contribution in [-0.2, 0) is 14.8 Å². The molecule has 0 fully saturated rings. The van der Waals surface area contributed by atoms with E-state index in [-0.39, 0.29) is 18.1 Å². The summed E-state index contributed by atoms with van der Waals surface area (Å²) in [6, 6.07) is 20.0. The Morgan fingerprint density at radius 3 is 2.52 bits per heavy atom. The topological polar surface area (TPSA) is 106 Å². The number of aryl methyl sites for hydroxylation is 1. The lowest BCUT2D eigenvalue weighted by atomic mass is 10.0. The normalized spacial score (nSPS) is 13.7. The van der Waals surface area contributed by atoms with Crippen LogP contribution in [0.15, 0.2) is 82.8 Å². The molecule has 0 saturated carbocycles. The van der Waals surface area contributed by atoms with Gasteiger partial charge in [0.05, 0.1) is 17.2 Å². The molecule has 4 rings (SSSR count). The third kappa shape index (κ3) is 5.76. The SMILES string of the molecule is Cc1ccc(S(=O)(=O)N[C@H](CC(=O)N/N=C\c2ccc3c(c2)OCO3)c2ccccc2)cc1. The van der Waals surface area contributed by atoms with Crippen molar-refractivity contribution >= 4 is 22.1 Å². The van der Waals surface area contributed by atoms with Gasteiger partial charge in [0.2, 0.25) is 22.7 Å². The van der Waals surface area contributed by atoms with Crippen molar-refractivity contribution in [3.05, 3.63) is 89.5 Å². The fraction of sp³-hybridized carbons (Fsp3) is 0.167. The quantitative estimate of drug-likeness (QED) is 0.392. The summed E-state index contributed by atoms with van der Waals surface area (Å²) in [5, 5.41) is 3.98. The van der Waals surface area contributed by atoms with Gasteiger partial charge in [-0.15, -0.1) is 0 Å². The fourth-order valence-corrected chi connectivity index (χ4v) is 4.51. The van der Waals surface area contributed by atoms with Gasteiger partial charge in [-0.05, 0) is 48.4 Å². The second-order valence-corrected chi connectivity index (χ2v) is 9.22. The Bertz CT molecular complexity index is 1260. The molecule has 1 amide bonds. The Balaban J connectivity index is 1.45. The molecule has 1 aliphatic heterocycles. The fourth-order valence-electron chi connectivity index (χ4n) is 3.29. The molecular formula is C24H23N3O5S. The number of hydrogen-bond donors (Lipinski definition) is 2. The van der Waals surface area contributed by atoms with Crippen LogP contribution in [-0.4, -0.2) is 27.3 Å². The van der Waals surface area contributed by atoms with Crippen molar-refractivity contribution in [3.8, 4) is 11.5 Å². The monoisotopic (exact) mass is 465 g/mol. The minimum Gasteiger partial charge on any atom is -0.454 e. The Morgan fingerprint density at radius 2 is 1.76 bits per heavy atom. The van der Waals surface area contributed by atoms with Crippen LogP contribution in [0.3, 0.4) is 0 Å². The molecule has 1 atom stereocenters. The zero-order chi connectivity index (χ0) is 23.3. The van der Waals surface area contributed by atoms with Crippen LogP contribution in [0.1, 0.15) is 29.2 Å². The van der Waals surface area contributed by atoms with Crippen molar-refractivity contribution in [2.24, 2.45) is 5.10 Å². The molecule has 0 spiro atoms. The maximum Gasteiger partial charge on any atom is 0.242 e. The number of hydrazone groups is 1. The van der Waals surface area contributed by atoms with Crippen LogP contribution in [0, 0.1) is 6.92 Å². The number of rotatable bonds is 8. The van der Waals surface area contributed by atoms with Gasteiger partial charge in [0, 0.05) is 6.42 Å². The number of carbonyl (C=O) groups excluding carboxylic acids is 1. The highest BCUT2D eigenvalue weighted by Crippen LogP contribution is 2.32. The number of hydrogen-bond acceptors (Lipinski definition) is 6. The Hall–Kier alpha value is -3.69. The summed E-state index contributed by atoms with van der Waals surface area (Å²) in [6.07, 6.45) is 1.35. The number of ether oxygens (including phenoxy) is 2. The van der Waals surface area contributed by atoms with Gasteiger partial charge in [-0.1, -0.05) is 48.0 Å². The standard InChI is InChI=1S/C24H23N3O5S/c1-17-7-10-20(11-8-17)33(29,30)27-21(19-5-3-2-4-6-19)14-24(28)26-25-15-18-9-12-22-23(13-18)32-16-31-22/h2-13,15,21,27H,14,16H2,1H3,(H,26,28)/b25-15-/t21-/m1/s1. The lowest BCUT2D eigenvalue weighted by molar-refractivity contribution is -0.121. The van der Waals surface area contributed by atoms with E-state index in [4.69, 9.17) is 9.47 Å². The number of carbonyl (C=O) groups is 1. The maximum absolute atomic E-state index is 12.9. The van der Waals surface area contributed by atoms with Crippen LogP contribution >= 0.6 is 0 Å². The molecule has 3 aromatic carbocycles. The largest absolute Gasteiger partial charge is 0.454 e. The number of sulfonamides is 1. The van der Waals surface area contributed by atoms with Crippen LogP contribution in [0.5, 0.6) is 11.5 Å². The van der Waals surface area contributed by atoms with Crippen LogP contribution < -0.4 is 19.6 Å². The summed E-state index contributed by atoms with van der Waals surface area (Å²) >= 11 is 0. The van der Waals surface area contributed by atoms with Gasteiger partial charge < -0.3 is 9.47 Å². The van der Waals surface area contributed by atoms with Gasteiger partial charge in [0.1, 0.15) is 0 Å². The average molecular weight is 466 g/mol. The van der Waals surface area contributed by atoms with E-state index in [1.165, 1.54) is 18.3 Å². The average Bonchev–Trinajstić information content (AvgIpc) is 3.27. The third-order valence-electron chi connectivity index (χ3n) is 5.02. The summed E-state index contributed by atoms with van der Waals surface area (Å²) in [6.45, 7) is 2.05. The Kier molecular flexibility index (Phi) is 6.71. The molecule has 0 bridgehead atoms. The first-order valence-electron chi connectivity index (χ1n) is 10.3. The van der Waals surface area contributed by atoms with E-state index in [2.05, 4.69) is 15.2 Å². The molecule has 0 aliphatic carbocycles. The minimum absolute atomic E-state index is 0.131. The van der Waals surface area contributed by atoms with Crippen LogP contribution in [0.25, 0.3) is 0 Å². The molecule has 8 nitrogen and oxygen atoms in total. The number of benzene rings is 3. The van der Waals surface area contributed by atoms with Gasteiger partial charge in [-0.3, -0.25) is 4.79 Å². The van der Waals surface area contributed by atoms with Gasteiger partial charge in [-0.25, -0.2) is 18.6 Å². The van der Waals surface area contributed by atoms with Crippen molar-refractivity contribution in [1.29, 1.82) is 0 Å². The molecule has 33 heavy (non-hydrogen) atoms. The first kappa shape index (κ1) is 22.5. The Labute approximate surface area is 192 Å². The highest BCUT2D eigenvalue weighted by atomic mass is 32.2. The van der Waals surface area contributed by atoms with Crippen molar-refractivity contribution in [2.75, 3.05) is 6.79 Å². The zero-order valence-electron chi connectivity index (χ0n) is 17.9. The van der Waals surface area contributed by atoms with Crippen molar-refractivity contribution in [3.63, 3.8) is 0 Å². The molecule has 0 saturated heterocycles. The van der Waals surface area contributed by atoms with E-state index >= 15 is 0 Å². The summed E-state index contributed by atoms with van der Waals surface area (Å²) < 4.78 is 39.0. The van der Waals surface area contributed by atoms with E-state index in [0.717, 1.165) is 11.1 Å². The molecule has 2 N–H and O–H groups in total. The molecule has 1 heterocycles. The molecule has 0 aromatic heterocycles. The summed E-state index contributed by atoms with van der Waals surface area (Å²) in [7, 11) is -3.83. The summed E-state index contributed by atoms with van der Waals surface area (Å²) in [5.74, 6) is 0.829. The molecule has 0 radical (unpaired) electrons. The zero-order valence-corrected chi connectivity index (χ0v) is 18.7. The van der Waals surface area contributed by atoms with E-state index in [0.29, 0.717) is 17.1 Å². The second kappa shape index (κ2) is 9.85. The predicted molar refractivity (Wildman–Crippen MR) is 124 cm³/mol.